The molecule has 0 amide bonds. The Balaban J connectivity index is 2.06. The third-order valence-corrected chi connectivity index (χ3v) is 3.26. The minimum absolute atomic E-state index is 0.151. The number of carbonyl (C=O) groups is 1. The Morgan fingerprint density at radius 2 is 2.37 bits per heavy atom. The Morgan fingerprint density at radius 1 is 1.58 bits per heavy atom. The van der Waals surface area contributed by atoms with Crippen molar-refractivity contribution in [3.05, 3.63) is 48.0 Å². The topological polar surface area (TPSA) is 51.8 Å². The second-order valence-corrected chi connectivity index (χ2v) is 4.76. The number of carbonyl (C=O) groups excluding carboxylic acids is 1. The standard InChI is InChI=1S/C15H17NO3/c1-10(2)12-7-6-11(3)13(9-12)16-19-15(17)14-5-4-8-18-14/h4-6,8,12H,1,7,9H2,2-3H3/b16-13+. The Labute approximate surface area is 112 Å². The predicted octanol–water partition coefficient (Wildman–Crippen LogP) is 3.72. The second kappa shape index (κ2) is 5.69. The van der Waals surface area contributed by atoms with Gasteiger partial charge < -0.3 is 9.25 Å². The number of furan rings is 1. The molecule has 0 radical (unpaired) electrons. The van der Waals surface area contributed by atoms with E-state index in [0.29, 0.717) is 5.92 Å². The van der Waals surface area contributed by atoms with Crippen molar-refractivity contribution in [2.45, 2.75) is 26.7 Å². The molecule has 1 aliphatic carbocycles. The van der Waals surface area contributed by atoms with Crippen molar-refractivity contribution in [1.82, 2.24) is 0 Å². The molecular formula is C15H17NO3. The molecule has 1 aliphatic rings. The number of allylic oxidation sites excluding steroid dienone is 3. The maximum Gasteiger partial charge on any atom is 0.400 e. The lowest BCUT2D eigenvalue weighted by atomic mass is 9.85. The van der Waals surface area contributed by atoms with Gasteiger partial charge in [-0.3, -0.25) is 0 Å². The van der Waals surface area contributed by atoms with Gasteiger partial charge >= 0.3 is 5.97 Å². The third-order valence-electron chi connectivity index (χ3n) is 3.26. The van der Waals surface area contributed by atoms with Gasteiger partial charge in [0.05, 0.1) is 12.0 Å². The van der Waals surface area contributed by atoms with Gasteiger partial charge in [0, 0.05) is 6.42 Å². The van der Waals surface area contributed by atoms with E-state index in [2.05, 4.69) is 17.8 Å². The van der Waals surface area contributed by atoms with Crippen LogP contribution in [-0.2, 0) is 4.84 Å². The van der Waals surface area contributed by atoms with Crippen LogP contribution in [0.1, 0.15) is 37.2 Å². The van der Waals surface area contributed by atoms with E-state index in [0.717, 1.165) is 29.7 Å². The summed E-state index contributed by atoms with van der Waals surface area (Å²) in [7, 11) is 0. The zero-order valence-corrected chi connectivity index (χ0v) is 11.2. The normalized spacial score (nSPS) is 21.1. The highest BCUT2D eigenvalue weighted by Crippen LogP contribution is 2.26. The van der Waals surface area contributed by atoms with Crippen LogP contribution in [0.25, 0.3) is 0 Å². The van der Waals surface area contributed by atoms with Crippen LogP contribution in [0.4, 0.5) is 0 Å². The van der Waals surface area contributed by atoms with Crippen LogP contribution in [0.15, 0.2) is 51.8 Å². The van der Waals surface area contributed by atoms with Crippen LogP contribution in [0.3, 0.4) is 0 Å². The maximum absolute atomic E-state index is 11.6. The molecule has 0 bridgehead atoms. The van der Waals surface area contributed by atoms with Gasteiger partial charge in [-0.25, -0.2) is 4.79 Å². The van der Waals surface area contributed by atoms with Crippen molar-refractivity contribution >= 4 is 11.7 Å². The van der Waals surface area contributed by atoms with Gasteiger partial charge in [0.15, 0.2) is 0 Å². The highest BCUT2D eigenvalue weighted by atomic mass is 16.7. The molecule has 1 unspecified atom stereocenters. The molecule has 0 spiro atoms. The molecule has 1 aromatic heterocycles. The summed E-state index contributed by atoms with van der Waals surface area (Å²) in [6, 6.07) is 3.18. The van der Waals surface area contributed by atoms with Crippen LogP contribution in [0, 0.1) is 5.92 Å². The Bertz CT molecular complexity index is 538. The average Bonchev–Trinajstić information content (AvgIpc) is 2.91. The molecule has 2 rings (SSSR count). The van der Waals surface area contributed by atoms with Gasteiger partial charge in [-0.15, -0.1) is 0 Å². The van der Waals surface area contributed by atoms with Crippen molar-refractivity contribution < 1.29 is 14.0 Å². The van der Waals surface area contributed by atoms with E-state index < -0.39 is 5.97 Å². The molecule has 4 heteroatoms. The first kappa shape index (κ1) is 13.3. The summed E-state index contributed by atoms with van der Waals surface area (Å²) >= 11 is 0. The molecule has 19 heavy (non-hydrogen) atoms. The summed E-state index contributed by atoms with van der Waals surface area (Å²) in [5.74, 6) is -0.0641. The Morgan fingerprint density at radius 3 is 3.00 bits per heavy atom. The van der Waals surface area contributed by atoms with E-state index in [-0.39, 0.29) is 5.76 Å². The lowest BCUT2D eigenvalue weighted by Gasteiger charge is -2.21. The minimum Gasteiger partial charge on any atom is -0.457 e. The van der Waals surface area contributed by atoms with Crippen LogP contribution < -0.4 is 0 Å². The Kier molecular flexibility index (Phi) is 4.00. The van der Waals surface area contributed by atoms with E-state index >= 15 is 0 Å². The number of nitrogens with zero attached hydrogens (tertiary/aromatic N) is 1. The van der Waals surface area contributed by atoms with Crippen molar-refractivity contribution in [2.24, 2.45) is 11.1 Å². The molecule has 1 aromatic rings. The van der Waals surface area contributed by atoms with Crippen molar-refractivity contribution in [3.8, 4) is 0 Å². The lowest BCUT2D eigenvalue weighted by Crippen LogP contribution is -2.16. The van der Waals surface area contributed by atoms with Crippen LogP contribution in [0.5, 0.6) is 0 Å². The number of hydrogen-bond donors (Lipinski definition) is 0. The van der Waals surface area contributed by atoms with Gasteiger partial charge in [-0.1, -0.05) is 23.4 Å². The zero-order valence-electron chi connectivity index (χ0n) is 11.2. The number of hydrogen-bond acceptors (Lipinski definition) is 4. The fourth-order valence-electron chi connectivity index (χ4n) is 1.94. The average molecular weight is 259 g/mol. The predicted molar refractivity (Wildman–Crippen MR) is 72.9 cm³/mol. The van der Waals surface area contributed by atoms with E-state index in [1.54, 1.807) is 12.1 Å². The van der Waals surface area contributed by atoms with Crippen LogP contribution in [-0.4, -0.2) is 11.7 Å². The van der Waals surface area contributed by atoms with E-state index in [9.17, 15) is 4.79 Å². The highest BCUT2D eigenvalue weighted by Gasteiger charge is 2.20. The fraction of sp³-hybridized carbons (Fsp3) is 0.333. The van der Waals surface area contributed by atoms with Crippen molar-refractivity contribution in [2.75, 3.05) is 0 Å². The molecule has 1 atom stereocenters. The number of oxime groups is 1. The summed E-state index contributed by atoms with van der Waals surface area (Å²) in [6.45, 7) is 7.94. The second-order valence-electron chi connectivity index (χ2n) is 4.76. The molecule has 1 heterocycles. The van der Waals surface area contributed by atoms with Crippen molar-refractivity contribution in [3.63, 3.8) is 0 Å². The van der Waals surface area contributed by atoms with Gasteiger partial charge in [0.25, 0.3) is 0 Å². The first-order chi connectivity index (χ1) is 9.08. The van der Waals surface area contributed by atoms with Crippen LogP contribution >= 0.6 is 0 Å². The summed E-state index contributed by atoms with van der Waals surface area (Å²) in [6.07, 6.45) is 5.24. The molecule has 0 aromatic carbocycles. The molecule has 0 saturated heterocycles. The summed E-state index contributed by atoms with van der Waals surface area (Å²) in [5, 5.41) is 3.95. The van der Waals surface area contributed by atoms with E-state index in [1.165, 1.54) is 6.26 Å². The quantitative estimate of drug-likeness (QED) is 0.472. The summed E-state index contributed by atoms with van der Waals surface area (Å²) in [4.78, 5) is 16.5. The first-order valence-electron chi connectivity index (χ1n) is 6.22. The Hall–Kier alpha value is -2.10. The van der Waals surface area contributed by atoms with Gasteiger partial charge in [0.1, 0.15) is 0 Å². The smallest absolute Gasteiger partial charge is 0.400 e. The molecular weight excluding hydrogens is 242 g/mol. The van der Waals surface area contributed by atoms with Gasteiger partial charge in [0.2, 0.25) is 5.76 Å². The summed E-state index contributed by atoms with van der Waals surface area (Å²) in [5.41, 5.74) is 2.96. The molecule has 0 fully saturated rings. The molecule has 0 N–H and O–H groups in total. The first-order valence-corrected chi connectivity index (χ1v) is 6.22. The summed E-state index contributed by atoms with van der Waals surface area (Å²) < 4.78 is 4.95. The molecule has 0 saturated carbocycles. The molecule has 0 aliphatic heterocycles. The highest BCUT2D eigenvalue weighted by molar-refractivity contribution is 6.01. The SMILES string of the molecule is C=C(C)C1CC=C(C)/C(=N/OC(=O)c2ccco2)C1. The monoisotopic (exact) mass is 259 g/mol. The zero-order chi connectivity index (χ0) is 13.8. The minimum atomic E-state index is -0.581. The fourth-order valence-corrected chi connectivity index (χ4v) is 1.94. The van der Waals surface area contributed by atoms with E-state index in [1.807, 2.05) is 13.8 Å². The number of rotatable bonds is 3. The maximum atomic E-state index is 11.6. The van der Waals surface area contributed by atoms with Gasteiger partial charge in [-0.05, 0) is 43.9 Å². The van der Waals surface area contributed by atoms with Crippen molar-refractivity contribution in [1.29, 1.82) is 0 Å². The molecule has 4 nitrogen and oxygen atoms in total. The van der Waals surface area contributed by atoms with Gasteiger partial charge in [-0.2, -0.15) is 0 Å². The van der Waals surface area contributed by atoms with E-state index in [4.69, 9.17) is 9.25 Å². The third kappa shape index (κ3) is 3.22. The van der Waals surface area contributed by atoms with Crippen LogP contribution in [0.2, 0.25) is 0 Å². The molecule has 100 valence electrons. The largest absolute Gasteiger partial charge is 0.457 e. The lowest BCUT2D eigenvalue weighted by molar-refractivity contribution is 0.0478.